The minimum absolute atomic E-state index is 0.859. The third-order valence-electron chi connectivity index (χ3n) is 5.61. The van der Waals surface area contributed by atoms with Crippen LogP contribution in [-0.4, -0.2) is 23.1 Å². The monoisotopic (exact) mass is 494 g/mol. The Hall–Kier alpha value is -2.44. The quantitative estimate of drug-likeness (QED) is 0.287. The SMILES string of the molecule is CCc1sc2ncnc(Nc3ccc(N(CC)CC)cc3C)c2c1-c1ccc(Br)cc1. The Morgan fingerprint density at radius 3 is 2.39 bits per heavy atom. The van der Waals surface area contributed by atoms with Crippen molar-refractivity contribution in [3.8, 4) is 11.1 Å². The molecule has 2 aromatic carbocycles. The first-order valence-electron chi connectivity index (χ1n) is 10.7. The Kier molecular flexibility index (Phi) is 6.58. The van der Waals surface area contributed by atoms with E-state index in [1.165, 1.54) is 27.3 Å². The second-order valence-corrected chi connectivity index (χ2v) is 9.46. The van der Waals surface area contributed by atoms with Crippen molar-refractivity contribution >= 4 is 54.7 Å². The van der Waals surface area contributed by atoms with Gasteiger partial charge >= 0.3 is 0 Å². The van der Waals surface area contributed by atoms with Crippen LogP contribution in [0.2, 0.25) is 0 Å². The van der Waals surface area contributed by atoms with Gasteiger partial charge in [-0.05, 0) is 68.7 Å². The molecule has 0 aliphatic rings. The molecule has 160 valence electrons. The van der Waals surface area contributed by atoms with Crippen LogP contribution in [0.5, 0.6) is 0 Å². The van der Waals surface area contributed by atoms with E-state index in [4.69, 9.17) is 0 Å². The first kappa shape index (κ1) is 21.8. The fraction of sp³-hybridized carbons (Fsp3) is 0.280. The lowest BCUT2D eigenvalue weighted by Gasteiger charge is -2.22. The fourth-order valence-corrected chi connectivity index (χ4v) is 5.31. The first-order chi connectivity index (χ1) is 15.0. The molecule has 2 aromatic heterocycles. The number of halogens is 1. The van der Waals surface area contributed by atoms with Gasteiger partial charge in [0.25, 0.3) is 0 Å². The zero-order valence-electron chi connectivity index (χ0n) is 18.4. The topological polar surface area (TPSA) is 41.1 Å². The lowest BCUT2D eigenvalue weighted by Crippen LogP contribution is -2.21. The summed E-state index contributed by atoms with van der Waals surface area (Å²) >= 11 is 5.30. The lowest BCUT2D eigenvalue weighted by molar-refractivity contribution is 0.866. The van der Waals surface area contributed by atoms with Gasteiger partial charge in [0.05, 0.1) is 5.39 Å². The van der Waals surface area contributed by atoms with Gasteiger partial charge in [-0.15, -0.1) is 11.3 Å². The molecule has 2 heterocycles. The highest BCUT2D eigenvalue weighted by Gasteiger charge is 2.18. The number of benzene rings is 2. The second kappa shape index (κ2) is 9.37. The Balaban J connectivity index is 1.80. The maximum absolute atomic E-state index is 4.65. The van der Waals surface area contributed by atoms with E-state index in [2.05, 4.69) is 106 Å². The van der Waals surface area contributed by atoms with E-state index in [9.17, 15) is 0 Å². The van der Waals surface area contributed by atoms with Crippen LogP contribution in [0.3, 0.4) is 0 Å². The number of nitrogens with one attached hydrogen (secondary N) is 1. The molecular formula is C25H27BrN4S. The van der Waals surface area contributed by atoms with E-state index in [0.29, 0.717) is 0 Å². The van der Waals surface area contributed by atoms with Crippen molar-refractivity contribution in [3.05, 3.63) is 63.7 Å². The van der Waals surface area contributed by atoms with Crippen LogP contribution in [-0.2, 0) is 6.42 Å². The van der Waals surface area contributed by atoms with E-state index in [0.717, 1.165) is 45.7 Å². The third kappa shape index (κ3) is 4.32. The van der Waals surface area contributed by atoms with Crippen LogP contribution in [0, 0.1) is 6.92 Å². The average molecular weight is 495 g/mol. The van der Waals surface area contributed by atoms with Gasteiger partial charge in [0.1, 0.15) is 17.0 Å². The number of nitrogens with zero attached hydrogens (tertiary/aromatic N) is 3. The zero-order valence-corrected chi connectivity index (χ0v) is 20.8. The highest BCUT2D eigenvalue weighted by molar-refractivity contribution is 9.10. The number of hydrogen-bond acceptors (Lipinski definition) is 5. The van der Waals surface area contributed by atoms with Crippen molar-refractivity contribution in [1.29, 1.82) is 0 Å². The molecule has 0 atom stereocenters. The zero-order chi connectivity index (χ0) is 22.0. The minimum Gasteiger partial charge on any atom is -0.372 e. The summed E-state index contributed by atoms with van der Waals surface area (Å²) in [7, 11) is 0. The van der Waals surface area contributed by atoms with Gasteiger partial charge in [0.15, 0.2) is 0 Å². The number of anilines is 3. The molecule has 4 aromatic rings. The standard InChI is InChI=1S/C25H27BrN4S/c1-5-21-22(17-8-10-18(26)11-9-17)23-24(27-15-28-25(23)31-21)29-20-13-12-19(14-16(20)4)30(6-2)7-3/h8-15H,5-7H2,1-4H3,(H,27,28,29). The molecule has 6 heteroatoms. The maximum atomic E-state index is 4.65. The van der Waals surface area contributed by atoms with Gasteiger partial charge in [0.2, 0.25) is 0 Å². The Bertz CT molecular complexity index is 1200. The molecule has 4 rings (SSSR count). The number of rotatable bonds is 7. The minimum atomic E-state index is 0.859. The number of thiophene rings is 1. The van der Waals surface area contributed by atoms with Crippen molar-refractivity contribution in [2.75, 3.05) is 23.3 Å². The highest BCUT2D eigenvalue weighted by Crippen LogP contribution is 2.42. The van der Waals surface area contributed by atoms with Gasteiger partial charge in [-0.2, -0.15) is 0 Å². The van der Waals surface area contributed by atoms with Crippen molar-refractivity contribution in [3.63, 3.8) is 0 Å². The molecule has 0 amide bonds. The molecular weight excluding hydrogens is 468 g/mol. The van der Waals surface area contributed by atoms with E-state index in [-0.39, 0.29) is 0 Å². The number of hydrogen-bond donors (Lipinski definition) is 1. The Labute approximate surface area is 196 Å². The Morgan fingerprint density at radius 2 is 1.74 bits per heavy atom. The summed E-state index contributed by atoms with van der Waals surface area (Å²) in [5.41, 5.74) is 5.95. The van der Waals surface area contributed by atoms with E-state index < -0.39 is 0 Å². The molecule has 0 unspecified atom stereocenters. The van der Waals surface area contributed by atoms with Gasteiger partial charge in [-0.1, -0.05) is 35.0 Å². The summed E-state index contributed by atoms with van der Waals surface area (Å²) in [5, 5.41) is 4.70. The summed E-state index contributed by atoms with van der Waals surface area (Å²) in [4.78, 5) is 13.9. The molecule has 0 radical (unpaired) electrons. The van der Waals surface area contributed by atoms with Crippen molar-refractivity contribution in [2.45, 2.75) is 34.1 Å². The molecule has 1 N–H and O–H groups in total. The predicted octanol–water partition coefficient (Wildman–Crippen LogP) is 7.58. The smallest absolute Gasteiger partial charge is 0.143 e. The number of fused-ring (bicyclic) bond motifs is 1. The van der Waals surface area contributed by atoms with E-state index in [1.807, 2.05) is 0 Å². The van der Waals surface area contributed by atoms with Gasteiger partial charge in [0, 0.05) is 39.4 Å². The second-order valence-electron chi connectivity index (χ2n) is 7.46. The summed E-state index contributed by atoms with van der Waals surface area (Å²) in [5.74, 6) is 0.859. The highest BCUT2D eigenvalue weighted by atomic mass is 79.9. The van der Waals surface area contributed by atoms with Crippen molar-refractivity contribution in [1.82, 2.24) is 9.97 Å². The summed E-state index contributed by atoms with van der Waals surface area (Å²) < 4.78 is 1.08. The normalized spacial score (nSPS) is 11.1. The molecule has 0 aliphatic carbocycles. The molecule has 0 saturated carbocycles. The summed E-state index contributed by atoms with van der Waals surface area (Å²) in [6, 6.07) is 15.1. The molecule has 0 spiro atoms. The summed E-state index contributed by atoms with van der Waals surface area (Å²) in [6.45, 7) is 10.7. The predicted molar refractivity (Wildman–Crippen MR) is 138 cm³/mol. The van der Waals surface area contributed by atoms with Gasteiger partial charge in [-0.3, -0.25) is 0 Å². The first-order valence-corrected chi connectivity index (χ1v) is 12.3. The average Bonchev–Trinajstić information content (AvgIpc) is 3.16. The van der Waals surface area contributed by atoms with Crippen molar-refractivity contribution < 1.29 is 0 Å². The van der Waals surface area contributed by atoms with Gasteiger partial charge in [-0.25, -0.2) is 9.97 Å². The molecule has 0 fully saturated rings. The van der Waals surface area contributed by atoms with Crippen LogP contribution < -0.4 is 10.2 Å². The van der Waals surface area contributed by atoms with Crippen LogP contribution in [0.4, 0.5) is 17.2 Å². The molecule has 4 nitrogen and oxygen atoms in total. The number of aryl methyl sites for hydroxylation is 2. The van der Waals surface area contributed by atoms with E-state index in [1.54, 1.807) is 17.7 Å². The van der Waals surface area contributed by atoms with Crippen LogP contribution >= 0.6 is 27.3 Å². The van der Waals surface area contributed by atoms with Crippen molar-refractivity contribution in [2.24, 2.45) is 0 Å². The van der Waals surface area contributed by atoms with Crippen LogP contribution in [0.1, 0.15) is 31.2 Å². The summed E-state index contributed by atoms with van der Waals surface area (Å²) in [6.07, 6.45) is 2.62. The van der Waals surface area contributed by atoms with Crippen LogP contribution in [0.25, 0.3) is 21.3 Å². The van der Waals surface area contributed by atoms with Gasteiger partial charge < -0.3 is 10.2 Å². The van der Waals surface area contributed by atoms with Crippen LogP contribution in [0.15, 0.2) is 53.3 Å². The molecule has 0 saturated heterocycles. The molecule has 0 bridgehead atoms. The fourth-order valence-electron chi connectivity index (χ4n) is 3.95. The largest absolute Gasteiger partial charge is 0.372 e. The maximum Gasteiger partial charge on any atom is 0.143 e. The lowest BCUT2D eigenvalue weighted by atomic mass is 10.0. The molecule has 0 aliphatic heterocycles. The Morgan fingerprint density at radius 1 is 1.00 bits per heavy atom. The third-order valence-corrected chi connectivity index (χ3v) is 7.38. The van der Waals surface area contributed by atoms with E-state index >= 15 is 0 Å². The molecule has 31 heavy (non-hydrogen) atoms. The number of aromatic nitrogens is 2.